The van der Waals surface area contributed by atoms with Crippen LogP contribution in [0.3, 0.4) is 0 Å². The van der Waals surface area contributed by atoms with Crippen molar-refractivity contribution < 1.29 is 24.5 Å². The number of ether oxygens (including phenoxy) is 1. The van der Waals surface area contributed by atoms with Crippen molar-refractivity contribution >= 4 is 23.4 Å². The Morgan fingerprint density at radius 1 is 1.07 bits per heavy atom. The van der Waals surface area contributed by atoms with Gasteiger partial charge in [0.2, 0.25) is 0 Å². The minimum Gasteiger partial charge on any atom is -0.506 e. The van der Waals surface area contributed by atoms with E-state index < -0.39 is 17.7 Å². The summed E-state index contributed by atoms with van der Waals surface area (Å²) in [5.41, 5.74) is 12.5. The van der Waals surface area contributed by atoms with E-state index >= 15 is 0 Å². The summed E-state index contributed by atoms with van der Waals surface area (Å²) in [6.07, 6.45) is 0.193. The molecule has 0 aliphatic heterocycles. The molecule has 8 nitrogen and oxygen atoms in total. The number of hydrogen-bond donors (Lipinski definition) is 5. The van der Waals surface area contributed by atoms with Crippen molar-refractivity contribution in [3.63, 3.8) is 0 Å². The summed E-state index contributed by atoms with van der Waals surface area (Å²) in [7, 11) is 0. The smallest absolute Gasteiger partial charge is 0.407 e. The maximum atomic E-state index is 11.4. The van der Waals surface area contributed by atoms with Crippen molar-refractivity contribution in [2.45, 2.75) is 32.8 Å². The topological polar surface area (TPSA) is 148 Å². The Kier molecular flexibility index (Phi) is 8.12. The third-order valence-electron chi connectivity index (χ3n) is 3.33. The molecule has 2 aromatic carbocycles. The molecule has 0 aliphatic rings. The summed E-state index contributed by atoms with van der Waals surface area (Å²) in [6.45, 7) is 5.90. The molecule has 0 bridgehead atoms. The number of nitrogens with two attached hydrogens (primary N) is 2. The van der Waals surface area contributed by atoms with Crippen LogP contribution in [0.5, 0.6) is 5.75 Å². The molecule has 8 heteroatoms. The summed E-state index contributed by atoms with van der Waals surface area (Å²) in [5, 5.41) is 20.4. The van der Waals surface area contributed by atoms with Gasteiger partial charge in [-0.3, -0.25) is 0 Å². The molecule has 0 radical (unpaired) electrons. The number of nitrogen functional groups attached to an aromatic ring is 2. The van der Waals surface area contributed by atoms with Gasteiger partial charge in [-0.05, 0) is 69.2 Å². The second kappa shape index (κ2) is 10.1. The summed E-state index contributed by atoms with van der Waals surface area (Å²) >= 11 is 0. The van der Waals surface area contributed by atoms with Crippen LogP contribution in [0.2, 0.25) is 0 Å². The fourth-order valence-corrected chi connectivity index (χ4v) is 2.01. The maximum absolute atomic E-state index is 11.4. The highest BCUT2D eigenvalue weighted by atomic mass is 16.6. The minimum absolute atomic E-state index is 0.0684. The Labute approximate surface area is 164 Å². The van der Waals surface area contributed by atoms with Gasteiger partial charge in [0.1, 0.15) is 11.4 Å². The molecule has 0 atom stereocenters. The Morgan fingerprint density at radius 3 is 2.18 bits per heavy atom. The molecule has 152 valence electrons. The minimum atomic E-state index is -0.931. The normalized spacial score (nSPS) is 10.4. The number of carboxylic acid groups (broad SMARTS) is 1. The summed E-state index contributed by atoms with van der Waals surface area (Å²) < 4.78 is 5.10. The zero-order chi connectivity index (χ0) is 21.3. The van der Waals surface area contributed by atoms with E-state index in [2.05, 4.69) is 5.32 Å². The van der Waals surface area contributed by atoms with E-state index in [0.717, 1.165) is 5.56 Å². The Morgan fingerprint density at radius 2 is 1.68 bits per heavy atom. The van der Waals surface area contributed by atoms with Crippen molar-refractivity contribution in [1.82, 2.24) is 5.32 Å². The van der Waals surface area contributed by atoms with Crippen LogP contribution >= 0.6 is 0 Å². The fourth-order valence-electron chi connectivity index (χ4n) is 2.01. The molecule has 0 saturated carbocycles. The lowest BCUT2D eigenvalue weighted by atomic mass is 10.1. The number of carboxylic acids is 1. The van der Waals surface area contributed by atoms with Gasteiger partial charge in [-0.25, -0.2) is 9.59 Å². The number of benzene rings is 2. The number of carbonyl (C=O) groups is 2. The number of rotatable bonds is 4. The highest BCUT2D eigenvalue weighted by Crippen LogP contribution is 2.20. The zero-order valence-corrected chi connectivity index (χ0v) is 16.2. The van der Waals surface area contributed by atoms with Gasteiger partial charge in [0, 0.05) is 12.2 Å². The van der Waals surface area contributed by atoms with Crippen molar-refractivity contribution in [3.05, 3.63) is 53.6 Å². The molecule has 0 spiro atoms. The first-order valence-electron chi connectivity index (χ1n) is 8.61. The van der Waals surface area contributed by atoms with Gasteiger partial charge in [0.15, 0.2) is 0 Å². The molecule has 0 aliphatic carbocycles. The first-order valence-corrected chi connectivity index (χ1v) is 8.61. The average molecular weight is 389 g/mol. The van der Waals surface area contributed by atoms with Gasteiger partial charge in [-0.2, -0.15) is 0 Å². The predicted octanol–water partition coefficient (Wildman–Crippen LogP) is 3.01. The van der Waals surface area contributed by atoms with Crippen LogP contribution in [0.15, 0.2) is 42.5 Å². The molecule has 0 aromatic heterocycles. The Bertz CT molecular complexity index is 798. The highest BCUT2D eigenvalue weighted by molar-refractivity contribution is 5.87. The molecule has 7 N–H and O–H groups in total. The van der Waals surface area contributed by atoms with Gasteiger partial charge in [0.25, 0.3) is 0 Å². The van der Waals surface area contributed by atoms with Crippen molar-refractivity contribution in [1.29, 1.82) is 0 Å². The van der Waals surface area contributed by atoms with E-state index in [0.29, 0.717) is 24.3 Å². The van der Waals surface area contributed by atoms with Crippen molar-refractivity contribution in [2.75, 3.05) is 18.0 Å². The molecule has 0 saturated heterocycles. The van der Waals surface area contributed by atoms with Crippen LogP contribution in [0, 0.1) is 0 Å². The second-order valence-electron chi connectivity index (χ2n) is 7.00. The quantitative estimate of drug-likeness (QED) is 0.399. The maximum Gasteiger partial charge on any atom is 0.407 e. The highest BCUT2D eigenvalue weighted by Gasteiger charge is 2.15. The lowest BCUT2D eigenvalue weighted by molar-refractivity contribution is 0.0528. The summed E-state index contributed by atoms with van der Waals surface area (Å²) in [6, 6.07) is 11.1. The van der Waals surface area contributed by atoms with Crippen LogP contribution in [-0.2, 0) is 11.2 Å². The molecule has 0 heterocycles. The van der Waals surface area contributed by atoms with E-state index in [1.807, 2.05) is 20.8 Å². The van der Waals surface area contributed by atoms with Crippen molar-refractivity contribution in [3.8, 4) is 5.75 Å². The molecule has 0 fully saturated rings. The monoisotopic (exact) mass is 389 g/mol. The van der Waals surface area contributed by atoms with E-state index in [-0.39, 0.29) is 11.3 Å². The van der Waals surface area contributed by atoms with Crippen LogP contribution in [0.25, 0.3) is 0 Å². The Hall–Kier alpha value is -3.42. The molecular formula is C20H27N3O5. The third-order valence-corrected chi connectivity index (χ3v) is 3.33. The van der Waals surface area contributed by atoms with Crippen LogP contribution in [0.4, 0.5) is 16.2 Å². The van der Waals surface area contributed by atoms with Crippen molar-refractivity contribution in [2.24, 2.45) is 0 Å². The lowest BCUT2D eigenvalue weighted by Crippen LogP contribution is -2.33. The van der Waals surface area contributed by atoms with E-state index in [1.165, 1.54) is 18.2 Å². The number of phenols is 1. The van der Waals surface area contributed by atoms with Crippen LogP contribution in [-0.4, -0.2) is 34.4 Å². The van der Waals surface area contributed by atoms with Crippen LogP contribution in [0.1, 0.15) is 36.7 Å². The number of hydrogen-bond acceptors (Lipinski definition) is 6. The SMILES string of the molecule is CC(C)(C)OC(=O)NCCc1ccc(O)c(N)c1.Nc1ccc(C(=O)O)cc1. The van der Waals surface area contributed by atoms with E-state index in [1.54, 1.807) is 24.3 Å². The molecular weight excluding hydrogens is 362 g/mol. The zero-order valence-electron chi connectivity index (χ0n) is 16.2. The molecule has 28 heavy (non-hydrogen) atoms. The van der Waals surface area contributed by atoms with Gasteiger partial charge in [-0.15, -0.1) is 0 Å². The van der Waals surface area contributed by atoms with E-state index in [4.69, 9.17) is 21.3 Å². The number of amides is 1. The number of aromatic carboxylic acids is 1. The van der Waals surface area contributed by atoms with Crippen LogP contribution < -0.4 is 16.8 Å². The second-order valence-corrected chi connectivity index (χ2v) is 7.00. The average Bonchev–Trinajstić information content (AvgIpc) is 2.57. The number of carbonyl (C=O) groups excluding carboxylic acids is 1. The lowest BCUT2D eigenvalue weighted by Gasteiger charge is -2.19. The van der Waals surface area contributed by atoms with Gasteiger partial charge in [-0.1, -0.05) is 6.07 Å². The molecule has 2 rings (SSSR count). The van der Waals surface area contributed by atoms with Gasteiger partial charge >= 0.3 is 12.1 Å². The van der Waals surface area contributed by atoms with Gasteiger partial charge < -0.3 is 31.7 Å². The number of anilines is 2. The molecule has 1 amide bonds. The summed E-state index contributed by atoms with van der Waals surface area (Å²) in [4.78, 5) is 21.6. The predicted molar refractivity (Wildman–Crippen MR) is 108 cm³/mol. The third kappa shape index (κ3) is 8.79. The largest absolute Gasteiger partial charge is 0.506 e. The number of alkyl carbamates (subject to hydrolysis) is 1. The standard InChI is InChI=1S/C13H20N2O3.C7H7NO2/c1-13(2,3)18-12(17)15-7-6-9-4-5-11(16)10(14)8-9;8-6-3-1-5(2-4-6)7(9)10/h4-5,8,16H,6-7,14H2,1-3H3,(H,15,17);1-4H,8H2,(H,9,10). The first-order chi connectivity index (χ1) is 13.0. The number of phenolic OH excluding ortho intramolecular Hbond substituents is 1. The van der Waals surface area contributed by atoms with E-state index in [9.17, 15) is 14.7 Å². The molecule has 0 unspecified atom stereocenters. The number of nitrogens with one attached hydrogen (secondary N) is 1. The number of aromatic hydroxyl groups is 1. The first kappa shape index (κ1) is 22.6. The fraction of sp³-hybridized carbons (Fsp3) is 0.300. The van der Waals surface area contributed by atoms with Gasteiger partial charge in [0.05, 0.1) is 11.3 Å². The Balaban J connectivity index is 0.000000330. The summed E-state index contributed by atoms with van der Waals surface area (Å²) in [5.74, 6) is -0.862. The molecule has 2 aromatic rings.